The van der Waals surface area contributed by atoms with E-state index >= 15 is 0 Å². The standard InChI is InChI=1S/C15H21NO2/c1-3-4-7-17-8-9-18-12-15-6-5-14(11-16)10-13(15)2/h5-6,10H,3-4,7-9,12H2,1-2H3. The van der Waals surface area contributed by atoms with Gasteiger partial charge in [0.25, 0.3) is 0 Å². The van der Waals surface area contributed by atoms with Gasteiger partial charge in [0.2, 0.25) is 0 Å². The molecule has 0 saturated heterocycles. The third-order valence-electron chi connectivity index (χ3n) is 2.74. The molecule has 0 aliphatic carbocycles. The van der Waals surface area contributed by atoms with Crippen molar-refractivity contribution >= 4 is 0 Å². The number of nitrogens with zero attached hydrogens (tertiary/aromatic N) is 1. The Balaban J connectivity index is 2.21. The van der Waals surface area contributed by atoms with Crippen LogP contribution in [0.3, 0.4) is 0 Å². The fourth-order valence-corrected chi connectivity index (χ4v) is 1.58. The van der Waals surface area contributed by atoms with E-state index in [1.165, 1.54) is 0 Å². The van der Waals surface area contributed by atoms with Crippen LogP contribution in [0.15, 0.2) is 18.2 Å². The second-order valence-corrected chi connectivity index (χ2v) is 4.27. The summed E-state index contributed by atoms with van der Waals surface area (Å²) in [7, 11) is 0. The van der Waals surface area contributed by atoms with E-state index in [4.69, 9.17) is 14.7 Å². The molecule has 0 atom stereocenters. The molecule has 0 aliphatic rings. The number of benzene rings is 1. The molecule has 0 saturated carbocycles. The topological polar surface area (TPSA) is 42.2 Å². The van der Waals surface area contributed by atoms with E-state index < -0.39 is 0 Å². The van der Waals surface area contributed by atoms with Gasteiger partial charge < -0.3 is 9.47 Å². The van der Waals surface area contributed by atoms with Gasteiger partial charge in [-0.1, -0.05) is 19.4 Å². The Hall–Kier alpha value is -1.37. The Labute approximate surface area is 109 Å². The van der Waals surface area contributed by atoms with Gasteiger partial charge in [-0.05, 0) is 36.6 Å². The van der Waals surface area contributed by atoms with Crippen LogP contribution in [0, 0.1) is 18.3 Å². The first kappa shape index (κ1) is 14.7. The average molecular weight is 247 g/mol. The van der Waals surface area contributed by atoms with Crippen molar-refractivity contribution in [3.63, 3.8) is 0 Å². The summed E-state index contributed by atoms with van der Waals surface area (Å²) < 4.78 is 11.0. The third kappa shape index (κ3) is 5.31. The highest BCUT2D eigenvalue weighted by Crippen LogP contribution is 2.11. The summed E-state index contributed by atoms with van der Waals surface area (Å²) in [6.07, 6.45) is 2.26. The van der Waals surface area contributed by atoms with Gasteiger partial charge in [-0.3, -0.25) is 0 Å². The monoisotopic (exact) mass is 247 g/mol. The molecule has 0 aromatic heterocycles. The lowest BCUT2D eigenvalue weighted by molar-refractivity contribution is 0.0395. The lowest BCUT2D eigenvalue weighted by Gasteiger charge is -2.08. The average Bonchev–Trinajstić information content (AvgIpc) is 2.39. The van der Waals surface area contributed by atoms with E-state index in [9.17, 15) is 0 Å². The summed E-state index contributed by atoms with van der Waals surface area (Å²) in [5, 5.41) is 8.77. The number of hydrogen-bond acceptors (Lipinski definition) is 3. The highest BCUT2D eigenvalue weighted by atomic mass is 16.5. The highest BCUT2D eigenvalue weighted by molar-refractivity contribution is 5.37. The first-order chi connectivity index (χ1) is 8.77. The number of hydrogen-bond donors (Lipinski definition) is 0. The van der Waals surface area contributed by atoms with Crippen LogP contribution < -0.4 is 0 Å². The van der Waals surface area contributed by atoms with Crippen molar-refractivity contribution in [2.75, 3.05) is 19.8 Å². The van der Waals surface area contributed by atoms with Gasteiger partial charge in [0.15, 0.2) is 0 Å². The minimum atomic E-state index is 0.578. The molecular formula is C15H21NO2. The van der Waals surface area contributed by atoms with Crippen molar-refractivity contribution in [3.8, 4) is 6.07 Å². The fourth-order valence-electron chi connectivity index (χ4n) is 1.58. The summed E-state index contributed by atoms with van der Waals surface area (Å²) >= 11 is 0. The lowest BCUT2D eigenvalue weighted by Crippen LogP contribution is -2.05. The quantitative estimate of drug-likeness (QED) is 0.662. The Morgan fingerprint density at radius 1 is 1.17 bits per heavy atom. The summed E-state index contributed by atoms with van der Waals surface area (Å²) in [6, 6.07) is 7.79. The van der Waals surface area contributed by atoms with Crippen LogP contribution in [0.4, 0.5) is 0 Å². The predicted octanol–water partition coefficient (Wildman–Crippen LogP) is 3.20. The van der Waals surface area contributed by atoms with Crippen LogP contribution in [-0.4, -0.2) is 19.8 Å². The van der Waals surface area contributed by atoms with Crippen molar-refractivity contribution in [1.29, 1.82) is 5.26 Å². The van der Waals surface area contributed by atoms with Crippen LogP contribution >= 0.6 is 0 Å². The van der Waals surface area contributed by atoms with Crippen LogP contribution in [0.5, 0.6) is 0 Å². The first-order valence-corrected chi connectivity index (χ1v) is 6.43. The fraction of sp³-hybridized carbons (Fsp3) is 0.533. The Bertz CT molecular complexity index is 396. The van der Waals surface area contributed by atoms with E-state index in [1.54, 1.807) is 0 Å². The van der Waals surface area contributed by atoms with E-state index in [-0.39, 0.29) is 0 Å². The first-order valence-electron chi connectivity index (χ1n) is 6.43. The zero-order chi connectivity index (χ0) is 13.2. The van der Waals surface area contributed by atoms with Crippen molar-refractivity contribution in [2.24, 2.45) is 0 Å². The summed E-state index contributed by atoms with van der Waals surface area (Å²) in [5.41, 5.74) is 2.92. The third-order valence-corrected chi connectivity index (χ3v) is 2.74. The van der Waals surface area contributed by atoms with Crippen LogP contribution in [0.1, 0.15) is 36.5 Å². The largest absolute Gasteiger partial charge is 0.379 e. The van der Waals surface area contributed by atoms with Crippen molar-refractivity contribution in [2.45, 2.75) is 33.3 Å². The maximum atomic E-state index is 8.77. The summed E-state index contributed by atoms with van der Waals surface area (Å²) in [6.45, 7) is 6.80. The number of ether oxygens (including phenoxy) is 2. The minimum absolute atomic E-state index is 0.578. The van der Waals surface area contributed by atoms with Gasteiger partial charge >= 0.3 is 0 Å². The van der Waals surface area contributed by atoms with Crippen LogP contribution in [0.2, 0.25) is 0 Å². The Morgan fingerprint density at radius 3 is 2.61 bits per heavy atom. The number of aryl methyl sites for hydroxylation is 1. The van der Waals surface area contributed by atoms with Gasteiger partial charge in [-0.15, -0.1) is 0 Å². The van der Waals surface area contributed by atoms with Crippen LogP contribution in [-0.2, 0) is 16.1 Å². The number of unbranched alkanes of at least 4 members (excludes halogenated alkanes) is 1. The van der Waals surface area contributed by atoms with Gasteiger partial charge in [-0.2, -0.15) is 5.26 Å². The van der Waals surface area contributed by atoms with E-state index in [0.717, 1.165) is 30.6 Å². The molecule has 0 heterocycles. The molecule has 0 fully saturated rings. The SMILES string of the molecule is CCCCOCCOCc1ccc(C#N)cc1C. The highest BCUT2D eigenvalue weighted by Gasteiger charge is 2.00. The molecule has 1 rings (SSSR count). The predicted molar refractivity (Wildman–Crippen MR) is 71.3 cm³/mol. The van der Waals surface area contributed by atoms with Crippen molar-refractivity contribution < 1.29 is 9.47 Å². The molecule has 0 aliphatic heterocycles. The maximum absolute atomic E-state index is 8.77. The molecule has 98 valence electrons. The molecule has 0 spiro atoms. The van der Waals surface area contributed by atoms with Crippen LogP contribution in [0.25, 0.3) is 0 Å². The molecule has 3 nitrogen and oxygen atoms in total. The number of nitriles is 1. The molecule has 0 unspecified atom stereocenters. The van der Waals surface area contributed by atoms with Gasteiger partial charge in [-0.25, -0.2) is 0 Å². The zero-order valence-corrected chi connectivity index (χ0v) is 11.2. The zero-order valence-electron chi connectivity index (χ0n) is 11.2. The van der Waals surface area contributed by atoms with E-state index in [0.29, 0.717) is 25.4 Å². The summed E-state index contributed by atoms with van der Waals surface area (Å²) in [4.78, 5) is 0. The molecule has 0 radical (unpaired) electrons. The van der Waals surface area contributed by atoms with E-state index in [2.05, 4.69) is 13.0 Å². The molecular weight excluding hydrogens is 226 g/mol. The molecule has 0 amide bonds. The summed E-state index contributed by atoms with van der Waals surface area (Å²) in [5.74, 6) is 0. The molecule has 18 heavy (non-hydrogen) atoms. The molecule has 3 heteroatoms. The Kier molecular flexibility index (Phi) is 7.09. The van der Waals surface area contributed by atoms with Crippen molar-refractivity contribution in [1.82, 2.24) is 0 Å². The second-order valence-electron chi connectivity index (χ2n) is 4.27. The maximum Gasteiger partial charge on any atom is 0.0991 e. The van der Waals surface area contributed by atoms with Gasteiger partial charge in [0, 0.05) is 6.61 Å². The minimum Gasteiger partial charge on any atom is -0.379 e. The molecule has 0 N–H and O–H groups in total. The second kappa shape index (κ2) is 8.68. The van der Waals surface area contributed by atoms with Crippen molar-refractivity contribution in [3.05, 3.63) is 34.9 Å². The van der Waals surface area contributed by atoms with E-state index in [1.807, 2.05) is 25.1 Å². The normalized spacial score (nSPS) is 10.3. The molecule has 1 aromatic rings. The molecule has 0 bridgehead atoms. The smallest absolute Gasteiger partial charge is 0.0991 e. The van der Waals surface area contributed by atoms with Gasteiger partial charge in [0.05, 0.1) is 31.5 Å². The Morgan fingerprint density at radius 2 is 1.94 bits per heavy atom. The number of rotatable bonds is 8. The van der Waals surface area contributed by atoms with Gasteiger partial charge in [0.1, 0.15) is 0 Å². The molecule has 1 aromatic carbocycles. The lowest BCUT2D eigenvalue weighted by atomic mass is 10.1.